The van der Waals surface area contributed by atoms with Crippen molar-refractivity contribution in [2.24, 2.45) is 0 Å². The van der Waals surface area contributed by atoms with Crippen LogP contribution >= 0.6 is 43.5 Å². The summed E-state index contributed by atoms with van der Waals surface area (Å²) in [6, 6.07) is 17.8. The molecule has 0 atom stereocenters. The van der Waals surface area contributed by atoms with Gasteiger partial charge in [0.1, 0.15) is 12.4 Å². The number of anilines is 1. The van der Waals surface area contributed by atoms with Crippen LogP contribution in [0, 0.1) is 10.1 Å². The molecule has 0 saturated heterocycles. The first-order chi connectivity index (χ1) is 13.4. The molecule has 0 amide bonds. The molecule has 0 bridgehead atoms. The van der Waals surface area contributed by atoms with Gasteiger partial charge < -0.3 is 10.1 Å². The summed E-state index contributed by atoms with van der Waals surface area (Å²) in [5.41, 5.74) is 2.95. The van der Waals surface area contributed by atoms with Crippen LogP contribution in [0.5, 0.6) is 5.75 Å². The molecule has 0 fully saturated rings. The molecular weight excluding hydrogens is 511 g/mol. The van der Waals surface area contributed by atoms with E-state index >= 15 is 0 Å². The van der Waals surface area contributed by atoms with E-state index < -0.39 is 4.92 Å². The Morgan fingerprint density at radius 1 is 0.964 bits per heavy atom. The Hall–Kier alpha value is -2.09. The standard InChI is InChI=1S/C20H15Br2ClN2O3/c21-18-9-14(11-24-16-5-3-15(23)4-6-16)10-19(22)20(18)28-12-13-1-7-17(8-2-13)25(26)27/h1-10,24H,11-12H2. The second-order valence-electron chi connectivity index (χ2n) is 5.96. The van der Waals surface area contributed by atoms with Crippen molar-refractivity contribution < 1.29 is 9.66 Å². The maximum Gasteiger partial charge on any atom is 0.269 e. The van der Waals surface area contributed by atoms with Gasteiger partial charge >= 0.3 is 0 Å². The number of nitrogens with one attached hydrogen (secondary N) is 1. The normalized spacial score (nSPS) is 10.5. The number of non-ortho nitro benzene ring substituents is 1. The molecule has 0 heterocycles. The van der Waals surface area contributed by atoms with E-state index in [0.29, 0.717) is 23.9 Å². The summed E-state index contributed by atoms with van der Waals surface area (Å²) >= 11 is 13.0. The number of hydrogen-bond donors (Lipinski definition) is 1. The number of nitrogens with zero attached hydrogens (tertiary/aromatic N) is 1. The Bertz CT molecular complexity index is 957. The van der Waals surface area contributed by atoms with Crippen molar-refractivity contribution in [1.82, 2.24) is 0 Å². The van der Waals surface area contributed by atoms with Crippen LogP contribution in [0.15, 0.2) is 69.6 Å². The number of hydrogen-bond acceptors (Lipinski definition) is 4. The first-order valence-corrected chi connectivity index (χ1v) is 10.2. The zero-order valence-electron chi connectivity index (χ0n) is 14.5. The topological polar surface area (TPSA) is 64.4 Å². The van der Waals surface area contributed by atoms with E-state index in [2.05, 4.69) is 37.2 Å². The zero-order chi connectivity index (χ0) is 20.1. The number of ether oxygens (including phenoxy) is 1. The van der Waals surface area contributed by atoms with Crippen LogP contribution < -0.4 is 10.1 Å². The predicted molar refractivity (Wildman–Crippen MR) is 118 cm³/mol. The molecule has 0 radical (unpaired) electrons. The number of rotatable bonds is 7. The second kappa shape index (κ2) is 9.41. The van der Waals surface area contributed by atoms with Gasteiger partial charge in [0.2, 0.25) is 0 Å². The van der Waals surface area contributed by atoms with Gasteiger partial charge in [-0.15, -0.1) is 0 Å². The molecule has 5 nitrogen and oxygen atoms in total. The van der Waals surface area contributed by atoms with Crippen molar-refractivity contribution >= 4 is 54.8 Å². The van der Waals surface area contributed by atoms with E-state index in [4.69, 9.17) is 16.3 Å². The number of benzene rings is 3. The SMILES string of the molecule is O=[N+]([O-])c1ccc(COc2c(Br)cc(CNc3ccc(Cl)cc3)cc2Br)cc1. The van der Waals surface area contributed by atoms with Gasteiger partial charge in [-0.3, -0.25) is 10.1 Å². The molecule has 3 aromatic rings. The number of nitro benzene ring substituents is 1. The third-order valence-corrected chi connectivity index (χ3v) is 5.36. The molecule has 1 N–H and O–H groups in total. The largest absolute Gasteiger partial charge is 0.487 e. The Morgan fingerprint density at radius 3 is 2.14 bits per heavy atom. The molecule has 0 unspecified atom stereocenters. The smallest absolute Gasteiger partial charge is 0.269 e. The Labute approximate surface area is 184 Å². The molecule has 0 spiro atoms. The van der Waals surface area contributed by atoms with Crippen molar-refractivity contribution in [2.75, 3.05) is 5.32 Å². The van der Waals surface area contributed by atoms with Crippen molar-refractivity contribution in [2.45, 2.75) is 13.2 Å². The highest BCUT2D eigenvalue weighted by Gasteiger charge is 2.10. The lowest BCUT2D eigenvalue weighted by atomic mass is 10.2. The summed E-state index contributed by atoms with van der Waals surface area (Å²) in [7, 11) is 0. The molecule has 144 valence electrons. The van der Waals surface area contributed by atoms with E-state index in [1.54, 1.807) is 12.1 Å². The summed E-state index contributed by atoms with van der Waals surface area (Å²) in [4.78, 5) is 10.3. The third-order valence-electron chi connectivity index (χ3n) is 3.93. The number of nitro groups is 1. The zero-order valence-corrected chi connectivity index (χ0v) is 18.4. The molecule has 3 rings (SSSR count). The molecule has 3 aromatic carbocycles. The van der Waals surface area contributed by atoms with E-state index in [-0.39, 0.29) is 5.69 Å². The molecule has 0 aromatic heterocycles. The Balaban J connectivity index is 1.64. The first-order valence-electron chi connectivity index (χ1n) is 8.26. The van der Waals surface area contributed by atoms with Crippen LogP contribution in [0.3, 0.4) is 0 Å². The minimum Gasteiger partial charge on any atom is -0.487 e. The second-order valence-corrected chi connectivity index (χ2v) is 8.11. The van der Waals surface area contributed by atoms with E-state index in [1.165, 1.54) is 12.1 Å². The van der Waals surface area contributed by atoms with Gasteiger partial charge in [-0.05, 0) is 91.5 Å². The molecule has 0 aliphatic heterocycles. The van der Waals surface area contributed by atoms with Gasteiger partial charge in [-0.25, -0.2) is 0 Å². The van der Waals surface area contributed by atoms with Crippen molar-refractivity contribution in [3.05, 3.63) is 95.9 Å². The highest BCUT2D eigenvalue weighted by atomic mass is 79.9. The van der Waals surface area contributed by atoms with Gasteiger partial charge in [0, 0.05) is 29.4 Å². The molecular formula is C20H15Br2ClN2O3. The Kier molecular flexibility index (Phi) is 6.93. The predicted octanol–water partition coefficient (Wildman–Crippen LogP) is 6.96. The minimum atomic E-state index is -0.422. The fourth-order valence-electron chi connectivity index (χ4n) is 2.49. The quantitative estimate of drug-likeness (QED) is 0.267. The van der Waals surface area contributed by atoms with Crippen LogP contribution in [-0.4, -0.2) is 4.92 Å². The minimum absolute atomic E-state index is 0.0589. The van der Waals surface area contributed by atoms with Gasteiger partial charge in [-0.2, -0.15) is 0 Å². The van der Waals surface area contributed by atoms with Crippen LogP contribution in [-0.2, 0) is 13.2 Å². The van der Waals surface area contributed by atoms with Crippen LogP contribution in [0.4, 0.5) is 11.4 Å². The summed E-state index contributed by atoms with van der Waals surface area (Å²) in [5.74, 6) is 0.675. The molecule has 0 aliphatic carbocycles. The summed E-state index contributed by atoms with van der Waals surface area (Å²) < 4.78 is 7.52. The monoisotopic (exact) mass is 524 g/mol. The highest BCUT2D eigenvalue weighted by Crippen LogP contribution is 2.35. The maximum absolute atomic E-state index is 10.7. The summed E-state index contributed by atoms with van der Waals surface area (Å²) in [6.07, 6.45) is 0. The highest BCUT2D eigenvalue weighted by molar-refractivity contribution is 9.11. The van der Waals surface area contributed by atoms with Crippen molar-refractivity contribution in [3.63, 3.8) is 0 Å². The fourth-order valence-corrected chi connectivity index (χ4v) is 4.13. The van der Waals surface area contributed by atoms with Crippen molar-refractivity contribution in [1.29, 1.82) is 0 Å². The van der Waals surface area contributed by atoms with E-state index in [0.717, 1.165) is 25.8 Å². The van der Waals surface area contributed by atoms with E-state index in [9.17, 15) is 10.1 Å². The summed E-state index contributed by atoms with van der Waals surface area (Å²) in [5, 5.41) is 14.8. The molecule has 28 heavy (non-hydrogen) atoms. The average Bonchev–Trinajstić information content (AvgIpc) is 2.67. The van der Waals surface area contributed by atoms with Gasteiger partial charge in [-0.1, -0.05) is 11.6 Å². The lowest BCUT2D eigenvalue weighted by Gasteiger charge is -2.13. The van der Waals surface area contributed by atoms with Gasteiger partial charge in [0.15, 0.2) is 0 Å². The lowest BCUT2D eigenvalue weighted by molar-refractivity contribution is -0.384. The van der Waals surface area contributed by atoms with Crippen LogP contribution in [0.25, 0.3) is 0 Å². The maximum atomic E-state index is 10.7. The van der Waals surface area contributed by atoms with Gasteiger partial charge in [0.05, 0.1) is 13.9 Å². The fraction of sp³-hybridized carbons (Fsp3) is 0.100. The average molecular weight is 527 g/mol. The van der Waals surface area contributed by atoms with Crippen LogP contribution in [0.1, 0.15) is 11.1 Å². The first kappa shape index (κ1) is 20.6. The van der Waals surface area contributed by atoms with Gasteiger partial charge in [0.25, 0.3) is 5.69 Å². The van der Waals surface area contributed by atoms with E-state index in [1.807, 2.05) is 36.4 Å². The lowest BCUT2D eigenvalue weighted by Crippen LogP contribution is -2.01. The molecule has 0 aliphatic rings. The Morgan fingerprint density at radius 2 is 1.57 bits per heavy atom. The molecule has 0 saturated carbocycles. The van der Waals surface area contributed by atoms with Crippen LogP contribution in [0.2, 0.25) is 5.02 Å². The third kappa shape index (κ3) is 5.47. The molecule has 8 heteroatoms. The van der Waals surface area contributed by atoms with Crippen molar-refractivity contribution in [3.8, 4) is 5.75 Å². The number of halogens is 3. The summed E-state index contributed by atoms with van der Waals surface area (Å²) in [6.45, 7) is 0.943.